The van der Waals surface area contributed by atoms with Crippen LogP contribution in [0, 0.1) is 31.3 Å². The van der Waals surface area contributed by atoms with Crippen LogP contribution in [0.5, 0.6) is 0 Å². The quantitative estimate of drug-likeness (QED) is 0.339. The molecule has 5 rings (SSSR count). The van der Waals surface area contributed by atoms with Crippen LogP contribution in [-0.4, -0.2) is 29.5 Å². The number of nitrogens with zero attached hydrogens (tertiary/aromatic N) is 6. The van der Waals surface area contributed by atoms with Gasteiger partial charge >= 0.3 is 0 Å². The van der Waals surface area contributed by atoms with Gasteiger partial charge in [-0.05, 0) is 44.2 Å². The number of nitrogens with two attached hydrogens (primary N) is 2. The first-order valence-corrected chi connectivity index (χ1v) is 11.2. The highest BCUT2D eigenvalue weighted by Crippen LogP contribution is 2.35. The van der Waals surface area contributed by atoms with Crippen molar-refractivity contribution in [3.05, 3.63) is 75.5 Å². The van der Waals surface area contributed by atoms with Crippen molar-refractivity contribution >= 4 is 34.1 Å². The third-order valence-electron chi connectivity index (χ3n) is 6.10. The summed E-state index contributed by atoms with van der Waals surface area (Å²) in [5.74, 6) is -3.07. The van der Waals surface area contributed by atoms with E-state index < -0.39 is 23.0 Å². The molecule has 0 saturated heterocycles. The Bertz CT molecular complexity index is 1650. The van der Waals surface area contributed by atoms with Gasteiger partial charge in [-0.3, -0.25) is 4.68 Å². The van der Waals surface area contributed by atoms with Crippen molar-refractivity contribution in [1.29, 1.82) is 0 Å². The lowest BCUT2D eigenvalue weighted by Gasteiger charge is -2.11. The highest BCUT2D eigenvalue weighted by molar-refractivity contribution is 6.31. The average molecular weight is 513 g/mol. The largest absolute Gasteiger partial charge is 0.383 e. The molecule has 3 aromatic heterocycles. The molecule has 0 aliphatic carbocycles. The van der Waals surface area contributed by atoms with Crippen LogP contribution in [0.2, 0.25) is 5.02 Å². The molecule has 2 aromatic carbocycles. The molecule has 5 aromatic rings. The van der Waals surface area contributed by atoms with Crippen molar-refractivity contribution in [2.75, 3.05) is 11.5 Å². The molecule has 0 aliphatic heterocycles. The molecule has 3 heterocycles. The first-order valence-electron chi connectivity index (χ1n) is 10.8. The Morgan fingerprint density at radius 3 is 2.22 bits per heavy atom. The van der Waals surface area contributed by atoms with E-state index >= 15 is 0 Å². The van der Waals surface area contributed by atoms with Crippen molar-refractivity contribution in [3.8, 4) is 17.1 Å². The number of fused-ring (bicyclic) bond motifs is 1. The van der Waals surface area contributed by atoms with Gasteiger partial charge in [-0.1, -0.05) is 11.6 Å². The van der Waals surface area contributed by atoms with E-state index in [-0.39, 0.29) is 29.7 Å². The van der Waals surface area contributed by atoms with Crippen LogP contribution in [0.1, 0.15) is 22.6 Å². The van der Waals surface area contributed by atoms with Crippen LogP contribution in [0.25, 0.3) is 28.0 Å². The minimum atomic E-state index is -1.28. The van der Waals surface area contributed by atoms with Gasteiger partial charge in [0.05, 0.1) is 22.5 Å². The lowest BCUT2D eigenvalue weighted by atomic mass is 10.1. The summed E-state index contributed by atoms with van der Waals surface area (Å²) >= 11 is 6.18. The number of aromatic nitrogens is 6. The van der Waals surface area contributed by atoms with Crippen LogP contribution >= 0.6 is 11.6 Å². The molecule has 0 bridgehead atoms. The van der Waals surface area contributed by atoms with Crippen LogP contribution in [-0.2, 0) is 13.5 Å². The topological polar surface area (TPSA) is 113 Å². The molecule has 4 N–H and O–H groups in total. The summed E-state index contributed by atoms with van der Waals surface area (Å²) in [6.45, 7) is 3.71. The summed E-state index contributed by atoms with van der Waals surface area (Å²) in [7, 11) is 1.81. The van der Waals surface area contributed by atoms with Gasteiger partial charge in [-0.25, -0.2) is 13.2 Å². The molecule has 0 spiro atoms. The summed E-state index contributed by atoms with van der Waals surface area (Å²) in [5, 5.41) is 9.73. The third kappa shape index (κ3) is 3.72. The molecule has 0 unspecified atom stereocenters. The number of hydrogen-bond donors (Lipinski definition) is 2. The monoisotopic (exact) mass is 512 g/mol. The number of aryl methyl sites for hydroxylation is 2. The predicted molar refractivity (Wildman–Crippen MR) is 131 cm³/mol. The summed E-state index contributed by atoms with van der Waals surface area (Å²) in [5.41, 5.74) is 15.6. The van der Waals surface area contributed by atoms with E-state index in [4.69, 9.17) is 23.1 Å². The Kier molecular flexibility index (Phi) is 5.59. The summed E-state index contributed by atoms with van der Waals surface area (Å²) in [6, 6.07) is 6.47. The molecule has 0 atom stereocenters. The zero-order valence-corrected chi connectivity index (χ0v) is 20.2. The SMILES string of the molecule is Cc1nn(C)c(C)c1-c1c(N)nc(-n2nc(Cc3c(F)ccc(F)c3F)c3cc(Cl)ccc32)nc1N. The first-order chi connectivity index (χ1) is 17.1. The molecule has 0 amide bonds. The average Bonchev–Trinajstić information content (AvgIpc) is 3.30. The van der Waals surface area contributed by atoms with Gasteiger partial charge in [-0.15, -0.1) is 0 Å². The van der Waals surface area contributed by atoms with Gasteiger partial charge < -0.3 is 11.5 Å². The van der Waals surface area contributed by atoms with Crippen molar-refractivity contribution in [2.45, 2.75) is 20.3 Å². The van der Waals surface area contributed by atoms with Crippen molar-refractivity contribution in [1.82, 2.24) is 29.5 Å². The molecule has 8 nitrogen and oxygen atoms in total. The molecule has 0 fully saturated rings. The Hall–Kier alpha value is -4.12. The van der Waals surface area contributed by atoms with E-state index in [1.165, 1.54) is 4.68 Å². The minimum absolute atomic E-state index is 0.0479. The minimum Gasteiger partial charge on any atom is -0.383 e. The van der Waals surface area contributed by atoms with Crippen LogP contribution in [0.3, 0.4) is 0 Å². The van der Waals surface area contributed by atoms with Gasteiger partial charge in [0.25, 0.3) is 5.95 Å². The Morgan fingerprint density at radius 1 is 0.917 bits per heavy atom. The molecular weight excluding hydrogens is 493 g/mol. The number of anilines is 2. The van der Waals surface area contributed by atoms with Gasteiger partial charge in [0.15, 0.2) is 11.6 Å². The Labute approximate surface area is 208 Å². The summed E-state index contributed by atoms with van der Waals surface area (Å²) < 4.78 is 45.6. The standard InChI is InChI=1S/C24H20ClF3N8/c1-10-19(11(2)35(3)33-10)20-22(29)31-24(32-23(20)30)36-18-7-4-12(25)8-14(18)17(34-36)9-13-15(26)5-6-16(27)21(13)28/h4-8H,9H2,1-3H3,(H4,29,30,31,32). The van der Waals surface area contributed by atoms with Crippen molar-refractivity contribution < 1.29 is 13.2 Å². The lowest BCUT2D eigenvalue weighted by Crippen LogP contribution is -2.11. The van der Waals surface area contributed by atoms with Gasteiger partial charge in [-0.2, -0.15) is 24.8 Å². The molecular formula is C24H20ClF3N8. The number of nitrogen functional groups attached to an aromatic ring is 2. The number of rotatable bonds is 4. The molecule has 36 heavy (non-hydrogen) atoms. The van der Waals surface area contributed by atoms with E-state index in [9.17, 15) is 13.2 Å². The molecule has 0 saturated carbocycles. The zero-order chi connectivity index (χ0) is 25.9. The maximum absolute atomic E-state index is 14.4. The highest BCUT2D eigenvalue weighted by atomic mass is 35.5. The first kappa shape index (κ1) is 23.6. The summed E-state index contributed by atoms with van der Waals surface area (Å²) in [6.07, 6.45) is -0.337. The molecule has 0 aliphatic rings. The fourth-order valence-electron chi connectivity index (χ4n) is 4.30. The van der Waals surface area contributed by atoms with E-state index in [1.807, 2.05) is 13.8 Å². The fourth-order valence-corrected chi connectivity index (χ4v) is 4.48. The van der Waals surface area contributed by atoms with Gasteiger partial charge in [0.1, 0.15) is 17.5 Å². The van der Waals surface area contributed by atoms with Gasteiger partial charge in [0.2, 0.25) is 0 Å². The highest BCUT2D eigenvalue weighted by Gasteiger charge is 2.23. The van der Waals surface area contributed by atoms with E-state index in [0.29, 0.717) is 27.2 Å². The lowest BCUT2D eigenvalue weighted by molar-refractivity contribution is 0.482. The number of halogens is 4. The Morgan fingerprint density at radius 2 is 1.58 bits per heavy atom. The molecule has 12 heteroatoms. The fraction of sp³-hybridized carbons (Fsp3) is 0.167. The molecule has 184 valence electrons. The zero-order valence-electron chi connectivity index (χ0n) is 19.4. The van der Waals surface area contributed by atoms with Gasteiger partial charge in [0, 0.05) is 40.7 Å². The smallest absolute Gasteiger partial charge is 0.255 e. The second-order valence-corrected chi connectivity index (χ2v) is 8.79. The van der Waals surface area contributed by atoms with E-state index in [0.717, 1.165) is 23.4 Å². The maximum Gasteiger partial charge on any atom is 0.255 e. The second-order valence-electron chi connectivity index (χ2n) is 8.36. The van der Waals surface area contributed by atoms with Crippen LogP contribution in [0.15, 0.2) is 30.3 Å². The number of hydrogen-bond acceptors (Lipinski definition) is 6. The summed E-state index contributed by atoms with van der Waals surface area (Å²) in [4.78, 5) is 8.85. The maximum atomic E-state index is 14.4. The van der Waals surface area contributed by atoms with Crippen molar-refractivity contribution in [3.63, 3.8) is 0 Å². The van der Waals surface area contributed by atoms with Crippen LogP contribution in [0.4, 0.5) is 24.8 Å². The van der Waals surface area contributed by atoms with E-state index in [1.54, 1.807) is 29.9 Å². The van der Waals surface area contributed by atoms with Crippen LogP contribution < -0.4 is 11.5 Å². The Balaban J connectivity index is 1.68. The molecule has 0 radical (unpaired) electrons. The second kappa shape index (κ2) is 8.52. The predicted octanol–water partition coefficient (Wildman–Crippen LogP) is 4.66. The van der Waals surface area contributed by atoms with E-state index in [2.05, 4.69) is 20.2 Å². The number of benzene rings is 2. The third-order valence-corrected chi connectivity index (χ3v) is 6.34. The van der Waals surface area contributed by atoms with Crippen molar-refractivity contribution in [2.24, 2.45) is 7.05 Å². The normalized spacial score (nSPS) is 11.5.